The lowest BCUT2D eigenvalue weighted by Gasteiger charge is -2.24. The normalized spacial score (nSPS) is 17.4. The molecule has 0 aromatic carbocycles. The van der Waals surface area contributed by atoms with E-state index in [0.29, 0.717) is 0 Å². The summed E-state index contributed by atoms with van der Waals surface area (Å²) >= 11 is 5.38. The Balaban J connectivity index is 2.18. The van der Waals surface area contributed by atoms with Gasteiger partial charge in [-0.25, -0.2) is 0 Å². The van der Waals surface area contributed by atoms with Crippen LogP contribution < -0.4 is 5.32 Å². The first-order valence-electron chi connectivity index (χ1n) is 6.12. The number of thiophene rings is 1. The van der Waals surface area contributed by atoms with Crippen LogP contribution in [0, 0.1) is 0 Å². The van der Waals surface area contributed by atoms with Gasteiger partial charge in [0.05, 0.1) is 6.61 Å². The van der Waals surface area contributed by atoms with E-state index in [1.54, 1.807) is 11.3 Å². The molecule has 1 aliphatic rings. The number of ether oxygens (including phenoxy) is 1. The zero-order chi connectivity index (χ0) is 12.1. The molecule has 0 saturated carbocycles. The number of hydrogen-bond acceptors (Lipinski definition) is 3. The molecule has 0 fully saturated rings. The van der Waals surface area contributed by atoms with Crippen molar-refractivity contribution in [1.29, 1.82) is 0 Å². The van der Waals surface area contributed by atoms with Crippen LogP contribution in [0.15, 0.2) is 27.8 Å². The number of nitrogens with one attached hydrogen (secondary N) is 1. The Labute approximate surface area is 115 Å². The van der Waals surface area contributed by atoms with Gasteiger partial charge in [0.2, 0.25) is 0 Å². The number of hydrogen-bond donors (Lipinski definition) is 1. The van der Waals surface area contributed by atoms with Gasteiger partial charge in [0.25, 0.3) is 0 Å². The zero-order valence-electron chi connectivity index (χ0n) is 10.0. The van der Waals surface area contributed by atoms with Crippen molar-refractivity contribution in [1.82, 2.24) is 5.32 Å². The van der Waals surface area contributed by atoms with Crippen LogP contribution in [0.5, 0.6) is 0 Å². The molecule has 1 aromatic rings. The first-order valence-corrected chi connectivity index (χ1v) is 7.79. The topological polar surface area (TPSA) is 21.3 Å². The van der Waals surface area contributed by atoms with Gasteiger partial charge in [-0.05, 0) is 59.3 Å². The quantitative estimate of drug-likeness (QED) is 0.877. The third kappa shape index (κ3) is 3.33. The van der Waals surface area contributed by atoms with Crippen molar-refractivity contribution in [3.05, 3.63) is 32.6 Å². The molecule has 0 bridgehead atoms. The minimum atomic E-state index is 0.213. The van der Waals surface area contributed by atoms with E-state index in [0.717, 1.165) is 38.2 Å². The second-order valence-electron chi connectivity index (χ2n) is 4.12. The zero-order valence-corrected chi connectivity index (χ0v) is 12.4. The molecule has 0 aliphatic carbocycles. The van der Waals surface area contributed by atoms with Gasteiger partial charge < -0.3 is 10.1 Å². The lowest BCUT2D eigenvalue weighted by Crippen LogP contribution is -2.25. The smallest absolute Gasteiger partial charge is 0.114 e. The predicted octanol–water partition coefficient (Wildman–Crippen LogP) is 4.25. The highest BCUT2D eigenvalue weighted by Gasteiger charge is 2.22. The Hall–Kier alpha value is -0.320. The maximum atomic E-state index is 5.80. The molecule has 1 atom stereocenters. The maximum Gasteiger partial charge on any atom is 0.114 e. The highest BCUT2D eigenvalue weighted by Crippen LogP contribution is 2.34. The van der Waals surface area contributed by atoms with E-state index >= 15 is 0 Å². The van der Waals surface area contributed by atoms with E-state index in [-0.39, 0.29) is 6.04 Å². The summed E-state index contributed by atoms with van der Waals surface area (Å²) in [6.07, 6.45) is 5.62. The van der Waals surface area contributed by atoms with Gasteiger partial charge in [0.1, 0.15) is 11.8 Å². The van der Waals surface area contributed by atoms with Crippen molar-refractivity contribution in [3.63, 3.8) is 0 Å². The van der Waals surface area contributed by atoms with Crippen LogP contribution in [0.2, 0.25) is 0 Å². The minimum Gasteiger partial charge on any atom is -0.496 e. The standard InChI is InChI=1S/C13H18BrNOS/c1-2-7-15-12(11-5-3-4-8-16-11)13-10(14)6-9-17-13/h5-6,9,12,15H,2-4,7-8H2,1H3. The molecule has 1 unspecified atom stereocenters. The van der Waals surface area contributed by atoms with Crippen LogP contribution in [-0.2, 0) is 4.74 Å². The molecule has 94 valence electrons. The fourth-order valence-corrected chi connectivity index (χ4v) is 3.58. The maximum absolute atomic E-state index is 5.80. The summed E-state index contributed by atoms with van der Waals surface area (Å²) in [5.41, 5.74) is 0. The molecular formula is C13H18BrNOS. The third-order valence-electron chi connectivity index (χ3n) is 2.75. The summed E-state index contributed by atoms with van der Waals surface area (Å²) < 4.78 is 6.97. The summed E-state index contributed by atoms with van der Waals surface area (Å²) in [6, 6.07) is 2.31. The molecule has 0 saturated heterocycles. The molecule has 1 aromatic heterocycles. The van der Waals surface area contributed by atoms with E-state index in [4.69, 9.17) is 4.74 Å². The molecule has 0 amide bonds. The molecule has 1 N–H and O–H groups in total. The monoisotopic (exact) mass is 315 g/mol. The van der Waals surface area contributed by atoms with Gasteiger partial charge in [-0.2, -0.15) is 0 Å². The third-order valence-corrected chi connectivity index (χ3v) is 4.69. The molecule has 2 rings (SSSR count). The van der Waals surface area contributed by atoms with Crippen molar-refractivity contribution < 1.29 is 4.74 Å². The number of rotatable bonds is 5. The molecular weight excluding hydrogens is 298 g/mol. The van der Waals surface area contributed by atoms with Crippen LogP contribution in [-0.4, -0.2) is 13.2 Å². The Morgan fingerprint density at radius 3 is 3.06 bits per heavy atom. The highest BCUT2D eigenvalue weighted by molar-refractivity contribution is 9.10. The molecule has 0 spiro atoms. The average Bonchev–Trinajstić information content (AvgIpc) is 2.78. The SMILES string of the molecule is CCCNC(C1=CCCCO1)c1sccc1Br. The molecule has 0 radical (unpaired) electrons. The molecule has 17 heavy (non-hydrogen) atoms. The molecule has 2 heterocycles. The van der Waals surface area contributed by atoms with Gasteiger partial charge in [0.15, 0.2) is 0 Å². The van der Waals surface area contributed by atoms with E-state index in [2.05, 4.69) is 45.7 Å². The summed E-state index contributed by atoms with van der Waals surface area (Å²) in [4.78, 5) is 1.31. The van der Waals surface area contributed by atoms with Gasteiger partial charge in [-0.1, -0.05) is 6.92 Å². The lowest BCUT2D eigenvalue weighted by atomic mass is 10.1. The van der Waals surface area contributed by atoms with Gasteiger partial charge >= 0.3 is 0 Å². The fraction of sp³-hybridized carbons (Fsp3) is 0.538. The first-order chi connectivity index (χ1) is 8.33. The van der Waals surface area contributed by atoms with E-state index in [9.17, 15) is 0 Å². The number of allylic oxidation sites excluding steroid dienone is 1. The van der Waals surface area contributed by atoms with Crippen LogP contribution in [0.4, 0.5) is 0 Å². The van der Waals surface area contributed by atoms with Crippen LogP contribution in [0.3, 0.4) is 0 Å². The Kier molecular flexibility index (Phi) is 5.07. The van der Waals surface area contributed by atoms with Crippen LogP contribution in [0.1, 0.15) is 37.1 Å². The van der Waals surface area contributed by atoms with Crippen molar-refractivity contribution in [2.24, 2.45) is 0 Å². The fourth-order valence-electron chi connectivity index (χ4n) is 1.90. The van der Waals surface area contributed by atoms with Crippen molar-refractivity contribution in [3.8, 4) is 0 Å². The Morgan fingerprint density at radius 1 is 1.59 bits per heavy atom. The Bertz CT molecular complexity index is 389. The molecule has 2 nitrogen and oxygen atoms in total. The van der Waals surface area contributed by atoms with Gasteiger partial charge in [0, 0.05) is 9.35 Å². The van der Waals surface area contributed by atoms with Gasteiger partial charge in [-0.15, -0.1) is 11.3 Å². The highest BCUT2D eigenvalue weighted by atomic mass is 79.9. The largest absolute Gasteiger partial charge is 0.496 e. The van der Waals surface area contributed by atoms with E-state index in [1.165, 1.54) is 9.35 Å². The minimum absolute atomic E-state index is 0.213. The van der Waals surface area contributed by atoms with Crippen LogP contribution >= 0.6 is 27.3 Å². The van der Waals surface area contributed by atoms with Crippen molar-refractivity contribution in [2.75, 3.05) is 13.2 Å². The number of halogens is 1. The van der Waals surface area contributed by atoms with Crippen LogP contribution in [0.25, 0.3) is 0 Å². The summed E-state index contributed by atoms with van der Waals surface area (Å²) in [5.74, 6) is 1.09. The first kappa shape index (κ1) is 13.1. The summed E-state index contributed by atoms with van der Waals surface area (Å²) in [7, 11) is 0. The van der Waals surface area contributed by atoms with Gasteiger partial charge in [-0.3, -0.25) is 0 Å². The van der Waals surface area contributed by atoms with E-state index < -0.39 is 0 Å². The lowest BCUT2D eigenvalue weighted by molar-refractivity contribution is 0.168. The Morgan fingerprint density at radius 2 is 2.47 bits per heavy atom. The van der Waals surface area contributed by atoms with E-state index in [1.807, 2.05) is 0 Å². The molecule has 4 heteroatoms. The summed E-state index contributed by atoms with van der Waals surface area (Å²) in [5, 5.41) is 5.68. The average molecular weight is 316 g/mol. The second-order valence-corrected chi connectivity index (χ2v) is 5.92. The summed E-state index contributed by atoms with van der Waals surface area (Å²) in [6.45, 7) is 4.04. The molecule has 1 aliphatic heterocycles. The van der Waals surface area contributed by atoms with Crippen molar-refractivity contribution in [2.45, 2.75) is 32.2 Å². The predicted molar refractivity (Wildman–Crippen MR) is 76.3 cm³/mol. The van der Waals surface area contributed by atoms with Crippen molar-refractivity contribution >= 4 is 27.3 Å². The second kappa shape index (κ2) is 6.57.